The third-order valence-electron chi connectivity index (χ3n) is 3.18. The molecule has 1 heterocycles. The summed E-state index contributed by atoms with van der Waals surface area (Å²) in [4.78, 5) is 21.7. The highest BCUT2D eigenvalue weighted by Gasteiger charge is 2.34. The van der Waals surface area contributed by atoms with Crippen LogP contribution in [0.25, 0.3) is 0 Å². The summed E-state index contributed by atoms with van der Waals surface area (Å²) < 4.78 is 37.6. The van der Waals surface area contributed by atoms with Gasteiger partial charge in [0.25, 0.3) is 11.6 Å². The van der Waals surface area contributed by atoms with Gasteiger partial charge in [0.15, 0.2) is 0 Å². The average molecular weight is 340 g/mol. The molecule has 1 aliphatic heterocycles. The third kappa shape index (κ3) is 4.08. The maximum absolute atomic E-state index is 12.5. The molecule has 1 aromatic carbocycles. The Morgan fingerprint density at radius 3 is 2.50 bits per heavy atom. The predicted molar refractivity (Wildman–Crippen MR) is 74.0 cm³/mol. The van der Waals surface area contributed by atoms with Crippen LogP contribution in [0.3, 0.4) is 0 Å². The first-order chi connectivity index (χ1) is 9.79. The molecule has 1 saturated heterocycles. The minimum absolute atomic E-state index is 0. The standard InChI is InChI=1S/C12H12F3N3O3.ClH/c13-12(14,15)8-1-2-9(10(3-8)18(20)21)11(19)17-6-7-4-16-5-7;/h1-3,7,16H,4-6H2,(H,17,19);1H. The van der Waals surface area contributed by atoms with Crippen molar-refractivity contribution in [3.8, 4) is 0 Å². The van der Waals surface area contributed by atoms with Crippen LogP contribution in [-0.2, 0) is 6.18 Å². The van der Waals surface area contributed by atoms with Crippen molar-refractivity contribution in [3.05, 3.63) is 39.4 Å². The van der Waals surface area contributed by atoms with Crippen molar-refractivity contribution >= 4 is 24.0 Å². The first kappa shape index (κ1) is 18.2. The number of nitrogens with one attached hydrogen (secondary N) is 2. The van der Waals surface area contributed by atoms with Crippen LogP contribution < -0.4 is 10.6 Å². The fourth-order valence-corrected chi connectivity index (χ4v) is 1.88. The minimum Gasteiger partial charge on any atom is -0.351 e. The molecule has 0 aromatic heterocycles. The van der Waals surface area contributed by atoms with E-state index in [1.807, 2.05) is 0 Å². The molecule has 1 amide bonds. The summed E-state index contributed by atoms with van der Waals surface area (Å²) in [5.41, 5.74) is -2.39. The zero-order valence-corrected chi connectivity index (χ0v) is 12.0. The Morgan fingerprint density at radius 1 is 1.41 bits per heavy atom. The Kier molecular flexibility index (Phi) is 5.72. The van der Waals surface area contributed by atoms with Crippen molar-refractivity contribution in [2.45, 2.75) is 6.18 Å². The smallest absolute Gasteiger partial charge is 0.351 e. The summed E-state index contributed by atoms with van der Waals surface area (Å²) in [5.74, 6) is -0.509. The summed E-state index contributed by atoms with van der Waals surface area (Å²) in [5, 5.41) is 16.3. The van der Waals surface area contributed by atoms with Crippen molar-refractivity contribution in [2.24, 2.45) is 5.92 Å². The van der Waals surface area contributed by atoms with E-state index in [0.717, 1.165) is 19.2 Å². The number of carbonyl (C=O) groups excluding carboxylic acids is 1. The number of alkyl halides is 3. The molecule has 0 spiro atoms. The number of benzene rings is 1. The fourth-order valence-electron chi connectivity index (χ4n) is 1.88. The molecule has 122 valence electrons. The maximum atomic E-state index is 12.5. The van der Waals surface area contributed by atoms with Gasteiger partial charge < -0.3 is 10.6 Å². The normalized spacial score (nSPS) is 14.7. The molecule has 1 aromatic rings. The van der Waals surface area contributed by atoms with Crippen LogP contribution in [0.5, 0.6) is 0 Å². The molecule has 0 aliphatic carbocycles. The highest BCUT2D eigenvalue weighted by Crippen LogP contribution is 2.32. The number of nitrogens with zero attached hydrogens (tertiary/aromatic N) is 1. The summed E-state index contributed by atoms with van der Waals surface area (Å²) >= 11 is 0. The molecule has 1 aliphatic rings. The van der Waals surface area contributed by atoms with E-state index in [-0.39, 0.29) is 23.9 Å². The number of rotatable bonds is 4. The van der Waals surface area contributed by atoms with Crippen LogP contribution in [0.2, 0.25) is 0 Å². The summed E-state index contributed by atoms with van der Waals surface area (Å²) in [7, 11) is 0. The van der Waals surface area contributed by atoms with Crippen LogP contribution in [0.4, 0.5) is 18.9 Å². The molecule has 10 heteroatoms. The molecule has 2 N–H and O–H groups in total. The van der Waals surface area contributed by atoms with Crippen LogP contribution >= 0.6 is 12.4 Å². The molecule has 0 radical (unpaired) electrons. The lowest BCUT2D eigenvalue weighted by Gasteiger charge is -2.27. The molecule has 6 nitrogen and oxygen atoms in total. The van der Waals surface area contributed by atoms with Gasteiger partial charge >= 0.3 is 6.18 Å². The second-order valence-electron chi connectivity index (χ2n) is 4.72. The number of amides is 1. The lowest BCUT2D eigenvalue weighted by molar-refractivity contribution is -0.385. The van der Waals surface area contributed by atoms with E-state index in [1.165, 1.54) is 0 Å². The number of hydrogen-bond donors (Lipinski definition) is 2. The SMILES string of the molecule is Cl.O=C(NCC1CNC1)c1ccc(C(F)(F)F)cc1[N+](=O)[O-]. The van der Waals surface area contributed by atoms with Crippen LogP contribution in [0, 0.1) is 16.0 Å². The highest BCUT2D eigenvalue weighted by molar-refractivity contribution is 5.98. The Hall–Kier alpha value is -1.87. The van der Waals surface area contributed by atoms with Crippen LogP contribution in [0.15, 0.2) is 18.2 Å². The van der Waals surface area contributed by atoms with E-state index < -0.39 is 28.3 Å². The van der Waals surface area contributed by atoms with Crippen molar-refractivity contribution in [3.63, 3.8) is 0 Å². The molecule has 1 fully saturated rings. The second-order valence-corrected chi connectivity index (χ2v) is 4.72. The van der Waals surface area contributed by atoms with E-state index in [1.54, 1.807) is 0 Å². The minimum atomic E-state index is -4.70. The van der Waals surface area contributed by atoms with Gasteiger partial charge in [-0.25, -0.2) is 0 Å². The number of nitro groups is 1. The quantitative estimate of drug-likeness (QED) is 0.649. The largest absolute Gasteiger partial charge is 0.416 e. The van der Waals surface area contributed by atoms with E-state index >= 15 is 0 Å². The van der Waals surface area contributed by atoms with Gasteiger partial charge in [0.2, 0.25) is 0 Å². The van der Waals surface area contributed by atoms with Crippen LogP contribution in [0.1, 0.15) is 15.9 Å². The van der Waals surface area contributed by atoms with Gasteiger partial charge in [-0.15, -0.1) is 12.4 Å². The first-order valence-electron chi connectivity index (χ1n) is 6.13. The molecular formula is C12H13ClF3N3O3. The van der Waals surface area contributed by atoms with Gasteiger partial charge in [0.05, 0.1) is 10.5 Å². The third-order valence-corrected chi connectivity index (χ3v) is 3.18. The van der Waals surface area contributed by atoms with Gasteiger partial charge in [-0.1, -0.05) is 0 Å². The summed E-state index contributed by atoms with van der Waals surface area (Å²) in [6, 6.07) is 1.86. The van der Waals surface area contributed by atoms with Gasteiger partial charge in [-0.3, -0.25) is 14.9 Å². The molecule has 22 heavy (non-hydrogen) atoms. The molecule has 0 atom stereocenters. The van der Waals surface area contributed by atoms with Crippen molar-refractivity contribution in [2.75, 3.05) is 19.6 Å². The van der Waals surface area contributed by atoms with E-state index in [4.69, 9.17) is 0 Å². The van der Waals surface area contributed by atoms with Gasteiger partial charge in [0, 0.05) is 31.6 Å². The predicted octanol–water partition coefficient (Wildman–Crippen LogP) is 1.98. The Labute approximate surface area is 129 Å². The summed E-state index contributed by atoms with van der Waals surface area (Å²) in [6.45, 7) is 1.79. The molecule has 0 saturated carbocycles. The first-order valence-corrected chi connectivity index (χ1v) is 6.13. The van der Waals surface area contributed by atoms with E-state index in [2.05, 4.69) is 10.6 Å². The van der Waals surface area contributed by atoms with E-state index in [0.29, 0.717) is 18.7 Å². The highest BCUT2D eigenvalue weighted by atomic mass is 35.5. The van der Waals surface area contributed by atoms with Crippen LogP contribution in [-0.4, -0.2) is 30.5 Å². The molecule has 0 bridgehead atoms. The zero-order valence-electron chi connectivity index (χ0n) is 11.1. The van der Waals surface area contributed by atoms with Gasteiger partial charge in [-0.05, 0) is 12.1 Å². The molecule has 2 rings (SSSR count). The van der Waals surface area contributed by atoms with Gasteiger partial charge in [0.1, 0.15) is 5.56 Å². The van der Waals surface area contributed by atoms with Crippen molar-refractivity contribution < 1.29 is 22.9 Å². The lowest BCUT2D eigenvalue weighted by Crippen LogP contribution is -2.48. The van der Waals surface area contributed by atoms with Crippen molar-refractivity contribution in [1.29, 1.82) is 0 Å². The maximum Gasteiger partial charge on any atom is 0.416 e. The Bertz CT molecular complexity index is 576. The monoisotopic (exact) mass is 339 g/mol. The average Bonchev–Trinajstić information content (AvgIpc) is 2.34. The van der Waals surface area contributed by atoms with E-state index in [9.17, 15) is 28.1 Å². The number of nitro benzene ring substituents is 1. The van der Waals surface area contributed by atoms with Crippen molar-refractivity contribution in [1.82, 2.24) is 10.6 Å². The second kappa shape index (κ2) is 6.93. The fraction of sp³-hybridized carbons (Fsp3) is 0.417. The number of halogens is 4. The topological polar surface area (TPSA) is 84.3 Å². The summed E-state index contributed by atoms with van der Waals surface area (Å²) in [6.07, 6.45) is -4.70. The number of hydrogen-bond acceptors (Lipinski definition) is 4. The molecule has 0 unspecified atom stereocenters. The Morgan fingerprint density at radius 2 is 2.05 bits per heavy atom. The Balaban J connectivity index is 0.00000242. The molecular weight excluding hydrogens is 327 g/mol. The van der Waals surface area contributed by atoms with Gasteiger partial charge in [-0.2, -0.15) is 13.2 Å². The lowest BCUT2D eigenvalue weighted by atomic mass is 10.0. The zero-order chi connectivity index (χ0) is 15.6. The number of carbonyl (C=O) groups is 1.